The molecule has 5 nitrogen and oxygen atoms in total. The van der Waals surface area contributed by atoms with E-state index in [-0.39, 0.29) is 0 Å². The lowest BCUT2D eigenvalue weighted by molar-refractivity contribution is 0.669. The van der Waals surface area contributed by atoms with Gasteiger partial charge in [0.05, 0.1) is 11.0 Å². The molecule has 0 saturated carbocycles. The first-order valence-corrected chi connectivity index (χ1v) is 18.8. The van der Waals surface area contributed by atoms with Gasteiger partial charge in [0.15, 0.2) is 17.5 Å². The van der Waals surface area contributed by atoms with Gasteiger partial charge in [-0.15, -0.1) is 0 Å². The highest BCUT2D eigenvalue weighted by Crippen LogP contribution is 2.38. The van der Waals surface area contributed by atoms with Crippen LogP contribution in [0, 0.1) is 0 Å². The molecule has 5 heteroatoms. The van der Waals surface area contributed by atoms with Crippen molar-refractivity contribution in [1.82, 2.24) is 19.5 Å². The van der Waals surface area contributed by atoms with Gasteiger partial charge < -0.3 is 8.98 Å². The Morgan fingerprint density at radius 1 is 0.321 bits per heavy atom. The minimum atomic E-state index is 0.577. The molecule has 0 fully saturated rings. The Bertz CT molecular complexity index is 3240. The summed E-state index contributed by atoms with van der Waals surface area (Å²) < 4.78 is 8.64. The molecule has 0 spiro atoms. The summed E-state index contributed by atoms with van der Waals surface area (Å²) in [7, 11) is 0. The molecule has 3 heterocycles. The van der Waals surface area contributed by atoms with Crippen molar-refractivity contribution in [2.75, 3.05) is 0 Å². The van der Waals surface area contributed by atoms with Crippen LogP contribution in [0.5, 0.6) is 0 Å². The van der Waals surface area contributed by atoms with Crippen molar-refractivity contribution in [2.24, 2.45) is 0 Å². The van der Waals surface area contributed by atoms with Gasteiger partial charge in [0.2, 0.25) is 0 Å². The monoisotopic (exact) mass is 716 g/mol. The number of aromatic nitrogens is 4. The highest BCUT2D eigenvalue weighted by molar-refractivity contribution is 6.10. The van der Waals surface area contributed by atoms with E-state index in [9.17, 15) is 0 Å². The maximum atomic E-state index is 6.32. The summed E-state index contributed by atoms with van der Waals surface area (Å²) >= 11 is 0. The molecule has 0 amide bonds. The van der Waals surface area contributed by atoms with Crippen LogP contribution < -0.4 is 0 Å². The summed E-state index contributed by atoms with van der Waals surface area (Å²) in [6.45, 7) is 0. The fourth-order valence-electron chi connectivity index (χ4n) is 7.99. The normalized spacial score (nSPS) is 11.6. The van der Waals surface area contributed by atoms with E-state index in [1.807, 2.05) is 36.4 Å². The van der Waals surface area contributed by atoms with E-state index in [1.54, 1.807) is 0 Å². The van der Waals surface area contributed by atoms with Crippen LogP contribution in [0.25, 0.3) is 106 Å². The van der Waals surface area contributed by atoms with Crippen LogP contribution in [-0.2, 0) is 0 Å². The van der Waals surface area contributed by atoms with Crippen LogP contribution in [0.2, 0.25) is 0 Å². The van der Waals surface area contributed by atoms with Crippen molar-refractivity contribution in [1.29, 1.82) is 0 Å². The summed E-state index contributed by atoms with van der Waals surface area (Å²) in [5.74, 6) is 1.78. The molecule has 0 unspecified atom stereocenters. The summed E-state index contributed by atoms with van der Waals surface area (Å²) in [6, 6.07) is 67.5. The molecule has 0 aliphatic heterocycles. The molecule has 0 radical (unpaired) electrons. The maximum Gasteiger partial charge on any atom is 0.164 e. The summed E-state index contributed by atoms with van der Waals surface area (Å²) in [4.78, 5) is 15.6. The Kier molecular flexibility index (Phi) is 7.42. The van der Waals surface area contributed by atoms with Gasteiger partial charge in [0.25, 0.3) is 0 Å². The SMILES string of the molecule is c1ccc(-c2ccc(-c3ccccc3-c3nc(-c4ccc5c(c4)oc4ccccc45)nc(-c4ccc5c(c4)c4ccccc4n5-c4ccccc4)n3)cc2)cc1. The van der Waals surface area contributed by atoms with Gasteiger partial charge >= 0.3 is 0 Å². The molecule has 0 N–H and O–H groups in total. The van der Waals surface area contributed by atoms with E-state index in [2.05, 4.69) is 162 Å². The Morgan fingerprint density at radius 3 is 1.66 bits per heavy atom. The molecule has 11 rings (SSSR count). The zero-order valence-electron chi connectivity index (χ0n) is 30.2. The molecule has 8 aromatic carbocycles. The smallest absolute Gasteiger partial charge is 0.164 e. The van der Waals surface area contributed by atoms with Crippen molar-refractivity contribution in [3.8, 4) is 62.1 Å². The maximum absolute atomic E-state index is 6.32. The Labute approximate surface area is 322 Å². The van der Waals surface area contributed by atoms with Gasteiger partial charge in [-0.1, -0.05) is 140 Å². The first-order chi connectivity index (χ1) is 27.7. The van der Waals surface area contributed by atoms with Gasteiger partial charge in [0.1, 0.15) is 11.2 Å². The largest absolute Gasteiger partial charge is 0.456 e. The lowest BCUT2D eigenvalue weighted by Gasteiger charge is -2.13. The van der Waals surface area contributed by atoms with Gasteiger partial charge in [-0.25, -0.2) is 15.0 Å². The van der Waals surface area contributed by atoms with E-state index in [4.69, 9.17) is 19.4 Å². The summed E-state index contributed by atoms with van der Waals surface area (Å²) in [5, 5.41) is 4.44. The number of benzene rings is 8. The van der Waals surface area contributed by atoms with Gasteiger partial charge in [-0.3, -0.25) is 0 Å². The van der Waals surface area contributed by atoms with Crippen LogP contribution in [0.1, 0.15) is 0 Å². The Morgan fingerprint density at radius 2 is 0.857 bits per heavy atom. The summed E-state index contributed by atoms with van der Waals surface area (Å²) in [6.07, 6.45) is 0. The third-order valence-electron chi connectivity index (χ3n) is 10.7. The molecule has 0 atom stereocenters. The zero-order valence-corrected chi connectivity index (χ0v) is 30.2. The van der Waals surface area contributed by atoms with E-state index >= 15 is 0 Å². The third kappa shape index (κ3) is 5.37. The molecule has 56 heavy (non-hydrogen) atoms. The lowest BCUT2D eigenvalue weighted by Crippen LogP contribution is -2.01. The number of furan rings is 1. The molecular weight excluding hydrogens is 685 g/mol. The fraction of sp³-hybridized carbons (Fsp3) is 0. The van der Waals surface area contributed by atoms with Crippen LogP contribution in [-0.4, -0.2) is 19.5 Å². The lowest BCUT2D eigenvalue weighted by atomic mass is 9.96. The molecule has 0 aliphatic carbocycles. The van der Waals surface area contributed by atoms with Gasteiger partial charge in [0, 0.05) is 43.9 Å². The van der Waals surface area contributed by atoms with Crippen molar-refractivity contribution in [3.63, 3.8) is 0 Å². The standard InChI is InChI=1S/C51H32N4O/c1-3-13-33(14-4-1)34-23-25-35(26-24-34)39-17-7-8-20-43(39)51-53-49(52-50(54-51)37-27-29-42-41-19-10-12-22-47(41)56-48(42)32-37)36-28-30-46-44(31-36)40-18-9-11-21-45(40)55(46)38-15-5-2-6-16-38/h1-32H. The quantitative estimate of drug-likeness (QED) is 0.172. The minimum Gasteiger partial charge on any atom is -0.456 e. The number of rotatable bonds is 6. The first-order valence-electron chi connectivity index (χ1n) is 18.8. The highest BCUT2D eigenvalue weighted by atomic mass is 16.3. The molecular formula is C51H32N4O. The Balaban J connectivity index is 1.10. The van der Waals surface area contributed by atoms with E-state index in [0.29, 0.717) is 17.5 Å². The molecule has 3 aromatic heterocycles. The van der Waals surface area contributed by atoms with Crippen molar-refractivity contribution >= 4 is 43.7 Å². The number of para-hydroxylation sites is 3. The number of fused-ring (bicyclic) bond motifs is 6. The highest BCUT2D eigenvalue weighted by Gasteiger charge is 2.19. The molecule has 0 saturated heterocycles. The topological polar surface area (TPSA) is 56.7 Å². The van der Waals surface area contributed by atoms with E-state index in [0.717, 1.165) is 71.9 Å². The number of nitrogens with zero attached hydrogens (tertiary/aromatic N) is 4. The second-order valence-corrected chi connectivity index (χ2v) is 14.0. The second-order valence-electron chi connectivity index (χ2n) is 14.0. The average Bonchev–Trinajstić information content (AvgIpc) is 3.82. The summed E-state index contributed by atoms with van der Waals surface area (Å²) in [5.41, 5.74) is 12.2. The van der Waals surface area contributed by atoms with E-state index in [1.165, 1.54) is 16.5 Å². The second kappa shape index (κ2) is 13.0. The van der Waals surface area contributed by atoms with Crippen molar-refractivity contribution < 1.29 is 4.42 Å². The molecule has 0 bridgehead atoms. The van der Waals surface area contributed by atoms with Crippen LogP contribution in [0.4, 0.5) is 0 Å². The molecule has 11 aromatic rings. The predicted octanol–water partition coefficient (Wildman–Crippen LogP) is 13.2. The number of hydrogen-bond donors (Lipinski definition) is 0. The average molecular weight is 717 g/mol. The fourth-order valence-corrected chi connectivity index (χ4v) is 7.99. The Hall–Kier alpha value is -7.63. The first kappa shape index (κ1) is 31.9. The van der Waals surface area contributed by atoms with Crippen molar-refractivity contribution in [2.45, 2.75) is 0 Å². The van der Waals surface area contributed by atoms with Gasteiger partial charge in [-0.2, -0.15) is 0 Å². The molecule has 262 valence electrons. The van der Waals surface area contributed by atoms with Crippen LogP contribution >= 0.6 is 0 Å². The van der Waals surface area contributed by atoms with E-state index < -0.39 is 0 Å². The predicted molar refractivity (Wildman–Crippen MR) is 229 cm³/mol. The van der Waals surface area contributed by atoms with Crippen LogP contribution in [0.15, 0.2) is 199 Å². The third-order valence-corrected chi connectivity index (χ3v) is 10.7. The number of hydrogen-bond acceptors (Lipinski definition) is 4. The van der Waals surface area contributed by atoms with Crippen molar-refractivity contribution in [3.05, 3.63) is 194 Å². The zero-order chi connectivity index (χ0) is 37.0. The molecule has 0 aliphatic rings. The minimum absolute atomic E-state index is 0.577. The van der Waals surface area contributed by atoms with Gasteiger partial charge in [-0.05, 0) is 76.9 Å². The van der Waals surface area contributed by atoms with Crippen LogP contribution in [0.3, 0.4) is 0 Å².